The van der Waals surface area contributed by atoms with Gasteiger partial charge < -0.3 is 20.3 Å². The Morgan fingerprint density at radius 2 is 1.97 bits per heavy atom. The summed E-state index contributed by atoms with van der Waals surface area (Å²) in [5.74, 6) is 2.67. The highest BCUT2D eigenvalue weighted by Gasteiger charge is 2.21. The standard InChI is InChI=1S/C23H27N5O/c1-24-23(27-20-12-13-29-21-11-7-5-9-18(20)21)25-15-16-14-22(28(2)3)26-19-10-6-4-8-17(16)19/h4-11,14,20H,12-13,15H2,1-3H3,(H2,24,25,27). The predicted octanol–water partition coefficient (Wildman–Crippen LogP) is 3.49. The largest absolute Gasteiger partial charge is 0.493 e. The summed E-state index contributed by atoms with van der Waals surface area (Å²) >= 11 is 0. The number of fused-ring (bicyclic) bond motifs is 2. The van der Waals surface area contributed by atoms with Crippen LogP contribution in [0.15, 0.2) is 59.6 Å². The Labute approximate surface area is 171 Å². The highest BCUT2D eigenvalue weighted by Crippen LogP contribution is 2.31. The fourth-order valence-electron chi connectivity index (χ4n) is 3.64. The van der Waals surface area contributed by atoms with Gasteiger partial charge in [-0.1, -0.05) is 36.4 Å². The maximum absolute atomic E-state index is 5.77. The molecule has 0 saturated carbocycles. The van der Waals surface area contributed by atoms with Crippen molar-refractivity contribution in [2.45, 2.75) is 19.0 Å². The number of benzene rings is 2. The van der Waals surface area contributed by atoms with E-state index in [1.165, 1.54) is 11.1 Å². The van der Waals surface area contributed by atoms with Crippen LogP contribution in [0, 0.1) is 0 Å². The van der Waals surface area contributed by atoms with Crippen molar-refractivity contribution in [3.8, 4) is 5.75 Å². The lowest BCUT2D eigenvalue weighted by Crippen LogP contribution is -2.40. The third-order valence-corrected chi connectivity index (χ3v) is 5.19. The minimum atomic E-state index is 0.178. The van der Waals surface area contributed by atoms with E-state index in [0.717, 1.165) is 34.9 Å². The number of aromatic nitrogens is 1. The Hall–Kier alpha value is -3.28. The van der Waals surface area contributed by atoms with Crippen molar-refractivity contribution in [1.29, 1.82) is 0 Å². The van der Waals surface area contributed by atoms with E-state index in [0.29, 0.717) is 13.2 Å². The van der Waals surface area contributed by atoms with Crippen molar-refractivity contribution in [3.63, 3.8) is 0 Å². The third kappa shape index (κ3) is 4.11. The van der Waals surface area contributed by atoms with Crippen molar-refractivity contribution in [1.82, 2.24) is 15.6 Å². The van der Waals surface area contributed by atoms with Crippen LogP contribution in [0.4, 0.5) is 5.82 Å². The molecule has 150 valence electrons. The number of guanidine groups is 1. The summed E-state index contributed by atoms with van der Waals surface area (Å²) in [6, 6.07) is 18.7. The lowest BCUT2D eigenvalue weighted by Gasteiger charge is -2.28. The number of anilines is 1. The summed E-state index contributed by atoms with van der Waals surface area (Å²) in [5.41, 5.74) is 3.36. The van der Waals surface area contributed by atoms with Crippen LogP contribution in [-0.4, -0.2) is 38.7 Å². The minimum Gasteiger partial charge on any atom is -0.493 e. The van der Waals surface area contributed by atoms with Gasteiger partial charge in [0.2, 0.25) is 0 Å². The zero-order valence-electron chi connectivity index (χ0n) is 17.1. The number of hydrogen-bond donors (Lipinski definition) is 2. The lowest BCUT2D eigenvalue weighted by atomic mass is 10.0. The van der Waals surface area contributed by atoms with Gasteiger partial charge in [0.15, 0.2) is 5.96 Å². The summed E-state index contributed by atoms with van der Waals surface area (Å²) < 4.78 is 5.77. The molecule has 0 fully saturated rings. The molecule has 2 aromatic carbocycles. The van der Waals surface area contributed by atoms with E-state index < -0.39 is 0 Å². The van der Waals surface area contributed by atoms with Crippen molar-refractivity contribution in [2.75, 3.05) is 32.6 Å². The summed E-state index contributed by atoms with van der Waals surface area (Å²) in [7, 11) is 5.82. The fraction of sp³-hybridized carbons (Fsp3) is 0.304. The van der Waals surface area contributed by atoms with E-state index >= 15 is 0 Å². The quantitative estimate of drug-likeness (QED) is 0.528. The molecular formula is C23H27N5O. The molecule has 1 aliphatic rings. The third-order valence-electron chi connectivity index (χ3n) is 5.19. The highest BCUT2D eigenvalue weighted by atomic mass is 16.5. The average Bonchev–Trinajstić information content (AvgIpc) is 2.76. The molecule has 1 aliphatic heterocycles. The first kappa shape index (κ1) is 19.1. The van der Waals surface area contributed by atoms with E-state index in [2.05, 4.69) is 46.0 Å². The first-order valence-corrected chi connectivity index (χ1v) is 9.90. The monoisotopic (exact) mass is 389 g/mol. The molecular weight excluding hydrogens is 362 g/mol. The molecule has 0 saturated heterocycles. The van der Waals surface area contributed by atoms with Crippen molar-refractivity contribution in [3.05, 3.63) is 65.7 Å². The number of nitrogens with one attached hydrogen (secondary N) is 2. The van der Waals surface area contributed by atoms with Crippen LogP contribution in [0.3, 0.4) is 0 Å². The van der Waals surface area contributed by atoms with Gasteiger partial charge in [-0.3, -0.25) is 4.99 Å². The van der Waals surface area contributed by atoms with Crippen LogP contribution in [0.5, 0.6) is 5.75 Å². The first-order valence-electron chi connectivity index (χ1n) is 9.90. The summed E-state index contributed by atoms with van der Waals surface area (Å²) in [6.07, 6.45) is 0.903. The number of hydrogen-bond acceptors (Lipinski definition) is 4. The average molecular weight is 390 g/mol. The number of para-hydroxylation sites is 2. The van der Waals surface area contributed by atoms with E-state index in [9.17, 15) is 0 Å². The summed E-state index contributed by atoms with van der Waals surface area (Å²) in [4.78, 5) is 11.2. The molecule has 1 aromatic heterocycles. The van der Waals surface area contributed by atoms with Gasteiger partial charge in [-0.15, -0.1) is 0 Å². The van der Waals surface area contributed by atoms with Gasteiger partial charge in [0.05, 0.1) is 18.2 Å². The number of rotatable bonds is 4. The zero-order valence-corrected chi connectivity index (χ0v) is 17.1. The molecule has 1 unspecified atom stereocenters. The Kier molecular flexibility index (Phi) is 5.51. The van der Waals surface area contributed by atoms with Gasteiger partial charge in [-0.25, -0.2) is 4.98 Å². The summed E-state index contributed by atoms with van der Waals surface area (Å²) in [6.45, 7) is 1.36. The Morgan fingerprint density at radius 3 is 2.79 bits per heavy atom. The Morgan fingerprint density at radius 1 is 1.17 bits per heavy atom. The van der Waals surface area contributed by atoms with Crippen molar-refractivity contribution < 1.29 is 4.74 Å². The minimum absolute atomic E-state index is 0.178. The molecule has 3 aromatic rings. The van der Waals surface area contributed by atoms with E-state index in [-0.39, 0.29) is 6.04 Å². The van der Waals surface area contributed by atoms with E-state index in [1.54, 1.807) is 7.05 Å². The van der Waals surface area contributed by atoms with E-state index in [4.69, 9.17) is 9.72 Å². The number of pyridine rings is 1. The smallest absolute Gasteiger partial charge is 0.191 e. The molecule has 0 bridgehead atoms. The normalized spacial score (nSPS) is 16.1. The van der Waals surface area contributed by atoms with Crippen LogP contribution >= 0.6 is 0 Å². The van der Waals surface area contributed by atoms with Crippen LogP contribution < -0.4 is 20.3 Å². The van der Waals surface area contributed by atoms with Gasteiger partial charge >= 0.3 is 0 Å². The molecule has 29 heavy (non-hydrogen) atoms. The molecule has 6 nitrogen and oxygen atoms in total. The molecule has 6 heteroatoms. The van der Waals surface area contributed by atoms with Gasteiger partial charge in [0.1, 0.15) is 11.6 Å². The molecule has 0 spiro atoms. The first-order chi connectivity index (χ1) is 14.2. The molecule has 4 rings (SSSR count). The predicted molar refractivity (Wildman–Crippen MR) is 119 cm³/mol. The molecule has 0 aliphatic carbocycles. The second-order valence-corrected chi connectivity index (χ2v) is 7.35. The molecule has 0 amide bonds. The van der Waals surface area contributed by atoms with Crippen molar-refractivity contribution >= 4 is 22.7 Å². The van der Waals surface area contributed by atoms with Crippen LogP contribution in [0.25, 0.3) is 10.9 Å². The van der Waals surface area contributed by atoms with Gasteiger partial charge in [0, 0.05) is 45.1 Å². The lowest BCUT2D eigenvalue weighted by molar-refractivity contribution is 0.261. The Bertz CT molecular complexity index is 1030. The molecule has 1 atom stereocenters. The van der Waals surface area contributed by atoms with Gasteiger partial charge in [-0.2, -0.15) is 0 Å². The van der Waals surface area contributed by atoms with Gasteiger partial charge in [-0.05, 0) is 23.8 Å². The second-order valence-electron chi connectivity index (χ2n) is 7.35. The van der Waals surface area contributed by atoms with Crippen LogP contribution in [0.1, 0.15) is 23.6 Å². The molecule has 2 N–H and O–H groups in total. The number of aliphatic imine (C=N–C) groups is 1. The van der Waals surface area contributed by atoms with Crippen molar-refractivity contribution in [2.24, 2.45) is 4.99 Å². The second kappa shape index (κ2) is 8.39. The summed E-state index contributed by atoms with van der Waals surface area (Å²) in [5, 5.41) is 8.17. The van der Waals surface area contributed by atoms with Crippen LogP contribution in [0.2, 0.25) is 0 Å². The topological polar surface area (TPSA) is 61.8 Å². The Balaban J connectivity index is 1.53. The fourth-order valence-corrected chi connectivity index (χ4v) is 3.64. The van der Waals surface area contributed by atoms with E-state index in [1.807, 2.05) is 43.3 Å². The molecule has 0 radical (unpaired) electrons. The van der Waals surface area contributed by atoms with Crippen LogP contribution in [-0.2, 0) is 6.54 Å². The zero-order chi connectivity index (χ0) is 20.2. The van der Waals surface area contributed by atoms with Gasteiger partial charge in [0.25, 0.3) is 0 Å². The maximum Gasteiger partial charge on any atom is 0.191 e. The number of ether oxygens (including phenoxy) is 1. The number of nitrogens with zero attached hydrogens (tertiary/aromatic N) is 3. The highest BCUT2D eigenvalue weighted by molar-refractivity contribution is 5.85. The maximum atomic E-state index is 5.77. The SMILES string of the molecule is CN=C(NCc1cc(N(C)C)nc2ccccc12)NC1CCOc2ccccc21. The molecule has 2 heterocycles.